The highest BCUT2D eigenvalue weighted by Crippen LogP contribution is 2.22. The Morgan fingerprint density at radius 1 is 0.240 bits per heavy atom. The minimum atomic E-state index is -4.19. The number of hydrogen-bond acceptors (Lipinski definition) is 2. The van der Waals surface area contributed by atoms with Crippen LogP contribution in [0.4, 0.5) is 0 Å². The highest BCUT2D eigenvalue weighted by atomic mass is 32.2. The summed E-state index contributed by atoms with van der Waals surface area (Å²) < 4.78 is 35.3. The zero-order valence-electron chi connectivity index (χ0n) is 51.7. The summed E-state index contributed by atoms with van der Waals surface area (Å²) in [4.78, 5) is 0. The highest BCUT2D eigenvalue weighted by molar-refractivity contribution is 7.85. The molecule has 0 saturated carbocycles. The fraction of sp³-hybridized carbons (Fsp3) is 0.914. The van der Waals surface area contributed by atoms with Crippen LogP contribution in [0, 0.1) is 0 Å². The largest absolute Gasteiger partial charge is 0.317 e. The van der Waals surface area contributed by atoms with Crippen LogP contribution in [0.1, 0.15) is 406 Å². The molecule has 0 heterocycles. The van der Waals surface area contributed by atoms with Gasteiger partial charge in [0.05, 0.1) is 0 Å². The Hall–Kier alpha value is -0.910. The van der Waals surface area contributed by atoms with Crippen LogP contribution in [-0.2, 0) is 10.1 Å². The third kappa shape index (κ3) is 62.2. The van der Waals surface area contributed by atoms with Crippen LogP contribution in [0.2, 0.25) is 0 Å². The number of allylic oxidation sites excluding steroid dienone is 3. The molecule has 0 aromatic heterocycles. The second-order valence-electron chi connectivity index (χ2n) is 24.3. The lowest BCUT2D eigenvalue weighted by Crippen LogP contribution is -2.36. The van der Waals surface area contributed by atoms with Crippen LogP contribution in [0.15, 0.2) is 36.8 Å². The first-order chi connectivity index (χ1) is 36.9. The number of rotatable bonds is 65. The molecule has 0 spiro atoms. The molecule has 0 aliphatic rings. The average molecular weight is 1070 g/mol. The fourth-order valence-corrected chi connectivity index (χ4v) is 12.2. The molecule has 0 radical (unpaired) electrons. The zero-order valence-corrected chi connectivity index (χ0v) is 52.5. The van der Waals surface area contributed by atoms with Crippen molar-refractivity contribution >= 4 is 10.1 Å². The predicted octanol–water partition coefficient (Wildman–Crippen LogP) is 25.7. The molecule has 0 bridgehead atoms. The molecular formula is C70H138NO3S+. The minimum absolute atomic E-state index is 0.0518. The molecule has 0 saturated heterocycles. The van der Waals surface area contributed by atoms with E-state index in [1.165, 1.54) is 347 Å². The van der Waals surface area contributed by atoms with Gasteiger partial charge in [-0.05, 0) is 56.8 Å². The van der Waals surface area contributed by atoms with Crippen molar-refractivity contribution in [1.29, 1.82) is 0 Å². The van der Waals surface area contributed by atoms with Gasteiger partial charge in [0.2, 0.25) is 5.88 Å². The smallest absolute Gasteiger partial charge is 0.281 e. The monoisotopic (exact) mass is 1070 g/mol. The first kappa shape index (κ1) is 74.1. The molecule has 0 atom stereocenters. The molecule has 0 aliphatic carbocycles. The predicted molar refractivity (Wildman–Crippen MR) is 338 cm³/mol. The molecule has 4 nitrogen and oxygen atoms in total. The molecule has 0 amide bonds. The quantitative estimate of drug-likeness (QED) is 0.0375. The first-order valence-corrected chi connectivity index (χ1v) is 36.4. The van der Waals surface area contributed by atoms with E-state index >= 15 is 0 Å². The van der Waals surface area contributed by atoms with Gasteiger partial charge in [0.25, 0.3) is 0 Å². The van der Waals surface area contributed by atoms with Gasteiger partial charge in [-0.1, -0.05) is 367 Å². The number of quaternary nitrogens is 1. The van der Waals surface area contributed by atoms with Crippen LogP contribution < -0.4 is 0 Å². The molecule has 5 heteroatoms. The summed E-state index contributed by atoms with van der Waals surface area (Å²) in [5, 5.41) is 0. The molecule has 0 aliphatic heterocycles. The summed E-state index contributed by atoms with van der Waals surface area (Å²) in [5.41, 5.74) is 0. The number of unbranched alkanes of at least 4 members (excludes halogenated alkanes) is 57. The molecule has 75 heavy (non-hydrogen) atoms. The maximum atomic E-state index is 12.5. The maximum absolute atomic E-state index is 12.5. The number of nitrogens with zero attached hydrogens (tertiary/aromatic N) is 1. The second-order valence-corrected chi connectivity index (χ2v) is 25.7. The summed E-state index contributed by atoms with van der Waals surface area (Å²) >= 11 is 0. The normalized spacial score (nSPS) is 12.5. The summed E-state index contributed by atoms with van der Waals surface area (Å²) in [6.07, 6.45) is 94.2. The summed E-state index contributed by atoms with van der Waals surface area (Å²) in [6, 6.07) is 0. The van der Waals surface area contributed by atoms with Gasteiger partial charge in [-0.3, -0.25) is 4.55 Å². The van der Waals surface area contributed by atoms with E-state index in [1.807, 2.05) is 18.6 Å². The zero-order chi connectivity index (χ0) is 54.4. The van der Waals surface area contributed by atoms with Gasteiger partial charge >= 0.3 is 10.1 Å². The Morgan fingerprint density at radius 2 is 0.373 bits per heavy atom. The van der Waals surface area contributed by atoms with Crippen molar-refractivity contribution < 1.29 is 17.5 Å². The van der Waals surface area contributed by atoms with Gasteiger partial charge in [-0.2, -0.15) is 8.42 Å². The number of hydrogen-bond donors (Lipinski definition) is 1. The van der Waals surface area contributed by atoms with Crippen LogP contribution >= 0.6 is 0 Å². The van der Waals surface area contributed by atoms with E-state index in [9.17, 15) is 13.0 Å². The summed E-state index contributed by atoms with van der Waals surface area (Å²) in [5.74, 6) is -0.339. The van der Waals surface area contributed by atoms with Gasteiger partial charge in [0, 0.05) is 0 Å². The van der Waals surface area contributed by atoms with Crippen molar-refractivity contribution in [3.8, 4) is 0 Å². The maximum Gasteiger partial charge on any atom is 0.317 e. The van der Waals surface area contributed by atoms with Crippen molar-refractivity contribution in [2.75, 3.05) is 5.88 Å². The molecule has 1 N–H and O–H groups in total. The summed E-state index contributed by atoms with van der Waals surface area (Å²) in [6.45, 7) is 6.90. The third-order valence-electron chi connectivity index (χ3n) is 16.5. The standard InChI is InChI=1S/C70H137NO3S/c1-4-7-10-13-16-19-22-25-28-31-34-37-40-43-46-49-52-55-58-61-64-67-71(70-75(72,73)74,68-65-62-59-56-53-50-47-44-41-38-35-32-29-26-23-20-17-14-11-8-5-2)69-66-63-60-57-54-51-48-45-42-39-36-33-30-27-24-21-18-15-12-9-6-3/h64-69H,4-63,70H2,1-3H3/p+1/b67-64+,68-65+,69-66+. The molecule has 0 rings (SSSR count). The molecule has 446 valence electrons. The van der Waals surface area contributed by atoms with E-state index < -0.39 is 10.1 Å². The van der Waals surface area contributed by atoms with E-state index in [4.69, 9.17) is 0 Å². The average Bonchev–Trinajstić information content (AvgIpc) is 3.39. The SMILES string of the molecule is CCCCCCCCCCCCCCCCCCCCC/C=C/[N+](/C=C/CCCCCCCCCCCCCCCCCCCCC)(/C=C/CCCCCCCCCCCCCCCCCCCCC)CS(=O)(=O)O. The van der Waals surface area contributed by atoms with Gasteiger partial charge in [0.15, 0.2) is 0 Å². The van der Waals surface area contributed by atoms with Crippen molar-refractivity contribution in [1.82, 2.24) is 0 Å². The molecule has 0 aromatic rings. The lowest BCUT2D eigenvalue weighted by Gasteiger charge is -2.25. The van der Waals surface area contributed by atoms with Crippen LogP contribution in [-0.4, -0.2) is 23.3 Å². The van der Waals surface area contributed by atoms with Gasteiger partial charge in [0.1, 0.15) is 18.6 Å². The van der Waals surface area contributed by atoms with Crippen LogP contribution in [0.5, 0.6) is 0 Å². The highest BCUT2D eigenvalue weighted by Gasteiger charge is 2.26. The molecule has 0 aromatic carbocycles. The van der Waals surface area contributed by atoms with E-state index in [1.54, 1.807) is 0 Å². The third-order valence-corrected chi connectivity index (χ3v) is 17.2. The van der Waals surface area contributed by atoms with Crippen molar-refractivity contribution in [3.63, 3.8) is 0 Å². The summed E-state index contributed by atoms with van der Waals surface area (Å²) in [7, 11) is -4.19. The first-order valence-electron chi connectivity index (χ1n) is 34.7. The lowest BCUT2D eigenvalue weighted by atomic mass is 10.0. The van der Waals surface area contributed by atoms with Crippen LogP contribution in [0.3, 0.4) is 0 Å². The van der Waals surface area contributed by atoms with E-state index in [2.05, 4.69) is 39.0 Å². The fourth-order valence-electron chi connectivity index (χ4n) is 11.4. The lowest BCUT2D eigenvalue weighted by molar-refractivity contribution is -0.760. The Balaban J connectivity index is 4.64. The minimum Gasteiger partial charge on any atom is -0.281 e. The Labute approximate surface area is 473 Å². The Bertz CT molecular complexity index is 1150. The van der Waals surface area contributed by atoms with Crippen molar-refractivity contribution in [2.24, 2.45) is 0 Å². The second kappa shape index (κ2) is 62.3. The molecule has 0 unspecified atom stereocenters. The Kier molecular flexibility index (Phi) is 61.5. The van der Waals surface area contributed by atoms with Crippen LogP contribution in [0.25, 0.3) is 0 Å². The molecule has 0 fully saturated rings. The van der Waals surface area contributed by atoms with Crippen molar-refractivity contribution in [2.45, 2.75) is 406 Å². The van der Waals surface area contributed by atoms with E-state index in [0.717, 1.165) is 38.5 Å². The topological polar surface area (TPSA) is 54.4 Å². The molecular weight excluding hydrogens is 935 g/mol. The Morgan fingerprint density at radius 3 is 0.507 bits per heavy atom. The van der Waals surface area contributed by atoms with Crippen molar-refractivity contribution in [3.05, 3.63) is 36.8 Å². The van der Waals surface area contributed by atoms with Gasteiger partial charge in [-0.25, -0.2) is 4.48 Å². The van der Waals surface area contributed by atoms with Gasteiger partial charge < -0.3 is 0 Å². The van der Waals surface area contributed by atoms with Gasteiger partial charge in [-0.15, -0.1) is 0 Å². The van der Waals surface area contributed by atoms with E-state index in [-0.39, 0.29) is 10.4 Å². The van der Waals surface area contributed by atoms with E-state index in [0.29, 0.717) is 0 Å².